The molecule has 0 N–H and O–H groups in total. The van der Waals surface area contributed by atoms with Gasteiger partial charge in [0.25, 0.3) is 0 Å². The molecule has 2 aliphatic rings. The Labute approximate surface area is 144 Å². The molecule has 2 heteroatoms. The Morgan fingerprint density at radius 3 is 2.33 bits per heavy atom. The fourth-order valence-electron chi connectivity index (χ4n) is 4.21. The predicted octanol–water partition coefficient (Wildman–Crippen LogP) is 4.42. The molecule has 0 unspecified atom stereocenters. The summed E-state index contributed by atoms with van der Waals surface area (Å²) in [6.45, 7) is 3.94. The minimum atomic E-state index is 0.230. The number of nitrogens with zero attached hydrogens (tertiary/aromatic N) is 1. The quantitative estimate of drug-likeness (QED) is 0.731. The molecule has 24 heavy (non-hydrogen) atoms. The molecule has 0 spiro atoms. The molecule has 2 aromatic carbocycles. The van der Waals surface area contributed by atoms with Gasteiger partial charge < -0.3 is 4.74 Å². The summed E-state index contributed by atoms with van der Waals surface area (Å²) < 4.78 is 6.26. The highest BCUT2D eigenvalue weighted by molar-refractivity contribution is 5.22. The standard InChI is InChI=1S/C22H25NO/c1-17(24-16-19-10-6-3-7-11-19)22-20-12-13-21(14-20)23(22)15-18-8-4-2-5-9-18/h2-13,17,20-22H,14-16H2,1H3/t17-,20+,21-,22-/m0/s1. The summed E-state index contributed by atoms with van der Waals surface area (Å²) in [6.07, 6.45) is 6.26. The Balaban J connectivity index is 1.44. The Morgan fingerprint density at radius 2 is 1.62 bits per heavy atom. The fourth-order valence-corrected chi connectivity index (χ4v) is 4.21. The van der Waals surface area contributed by atoms with E-state index in [0.29, 0.717) is 24.6 Å². The number of ether oxygens (including phenoxy) is 1. The number of fused-ring (bicyclic) bond motifs is 2. The first-order valence-electron chi connectivity index (χ1n) is 8.95. The maximum Gasteiger partial charge on any atom is 0.0721 e. The topological polar surface area (TPSA) is 12.5 Å². The third kappa shape index (κ3) is 3.17. The summed E-state index contributed by atoms with van der Waals surface area (Å²) in [7, 11) is 0. The van der Waals surface area contributed by atoms with Crippen molar-refractivity contribution in [2.75, 3.05) is 0 Å². The van der Waals surface area contributed by atoms with E-state index in [1.165, 1.54) is 17.5 Å². The van der Waals surface area contributed by atoms with Crippen molar-refractivity contribution in [3.8, 4) is 0 Å². The van der Waals surface area contributed by atoms with Crippen LogP contribution in [-0.2, 0) is 17.9 Å². The van der Waals surface area contributed by atoms with Gasteiger partial charge in [-0.05, 0) is 30.4 Å². The van der Waals surface area contributed by atoms with Crippen LogP contribution in [0.5, 0.6) is 0 Å². The zero-order chi connectivity index (χ0) is 16.4. The van der Waals surface area contributed by atoms with Gasteiger partial charge in [0.1, 0.15) is 0 Å². The van der Waals surface area contributed by atoms with E-state index in [-0.39, 0.29) is 6.10 Å². The van der Waals surface area contributed by atoms with Crippen LogP contribution in [0.3, 0.4) is 0 Å². The second-order valence-corrected chi connectivity index (χ2v) is 7.00. The van der Waals surface area contributed by atoms with Gasteiger partial charge in [-0.25, -0.2) is 0 Å². The highest BCUT2D eigenvalue weighted by Crippen LogP contribution is 2.40. The minimum Gasteiger partial charge on any atom is -0.372 e. The lowest BCUT2D eigenvalue weighted by molar-refractivity contribution is -0.0164. The molecule has 1 aliphatic carbocycles. The van der Waals surface area contributed by atoms with E-state index in [1.54, 1.807) is 0 Å². The first kappa shape index (κ1) is 15.6. The molecule has 0 aromatic heterocycles. The van der Waals surface area contributed by atoms with Gasteiger partial charge in [-0.15, -0.1) is 0 Å². The van der Waals surface area contributed by atoms with Crippen LogP contribution in [0.15, 0.2) is 72.8 Å². The Kier molecular flexibility index (Phi) is 4.50. The van der Waals surface area contributed by atoms with Crippen molar-refractivity contribution in [3.63, 3.8) is 0 Å². The zero-order valence-corrected chi connectivity index (χ0v) is 14.2. The molecule has 124 valence electrons. The molecule has 1 saturated heterocycles. The second kappa shape index (κ2) is 6.92. The summed E-state index contributed by atoms with van der Waals surface area (Å²) >= 11 is 0. The smallest absolute Gasteiger partial charge is 0.0721 e. The highest BCUT2D eigenvalue weighted by Gasteiger charge is 2.45. The van der Waals surface area contributed by atoms with Crippen molar-refractivity contribution >= 4 is 0 Å². The van der Waals surface area contributed by atoms with Crippen LogP contribution in [0.4, 0.5) is 0 Å². The van der Waals surface area contributed by atoms with Gasteiger partial charge in [-0.3, -0.25) is 4.90 Å². The average molecular weight is 319 g/mol. The normalized spacial score (nSPS) is 26.8. The van der Waals surface area contributed by atoms with E-state index in [1.807, 2.05) is 0 Å². The van der Waals surface area contributed by atoms with E-state index < -0.39 is 0 Å². The molecule has 2 aromatic rings. The molecular formula is C22H25NO. The number of likely N-dealkylation sites (tertiary alicyclic amines) is 1. The largest absolute Gasteiger partial charge is 0.372 e. The summed E-state index contributed by atoms with van der Waals surface area (Å²) in [5.74, 6) is 0.629. The van der Waals surface area contributed by atoms with Gasteiger partial charge >= 0.3 is 0 Å². The maximum absolute atomic E-state index is 6.26. The van der Waals surface area contributed by atoms with E-state index in [9.17, 15) is 0 Å². The molecule has 2 bridgehead atoms. The van der Waals surface area contributed by atoms with Crippen LogP contribution in [0.1, 0.15) is 24.5 Å². The Bertz CT molecular complexity index is 682. The fraction of sp³-hybridized carbons (Fsp3) is 0.364. The molecule has 0 radical (unpaired) electrons. The van der Waals surface area contributed by atoms with E-state index in [4.69, 9.17) is 4.74 Å². The lowest BCUT2D eigenvalue weighted by atomic mass is 9.97. The van der Waals surface area contributed by atoms with Crippen molar-refractivity contribution in [2.45, 2.75) is 44.7 Å². The minimum absolute atomic E-state index is 0.230. The molecular weight excluding hydrogens is 294 g/mol. The molecule has 2 nitrogen and oxygen atoms in total. The number of hydrogen-bond donors (Lipinski definition) is 0. The molecule has 1 fully saturated rings. The van der Waals surface area contributed by atoms with Crippen LogP contribution in [0, 0.1) is 5.92 Å². The third-order valence-corrected chi connectivity index (χ3v) is 5.39. The lowest BCUT2D eigenvalue weighted by Gasteiger charge is -2.36. The average Bonchev–Trinajstić information content (AvgIpc) is 3.23. The van der Waals surface area contributed by atoms with Gasteiger partial charge in [0.2, 0.25) is 0 Å². The van der Waals surface area contributed by atoms with Gasteiger partial charge in [-0.2, -0.15) is 0 Å². The van der Waals surface area contributed by atoms with Crippen LogP contribution in [0.2, 0.25) is 0 Å². The highest BCUT2D eigenvalue weighted by atomic mass is 16.5. The van der Waals surface area contributed by atoms with Gasteiger partial charge in [0, 0.05) is 18.6 Å². The number of rotatable bonds is 6. The molecule has 1 aliphatic heterocycles. The van der Waals surface area contributed by atoms with Crippen molar-refractivity contribution < 1.29 is 4.74 Å². The van der Waals surface area contributed by atoms with Gasteiger partial charge in [0.05, 0.1) is 12.7 Å². The number of hydrogen-bond acceptors (Lipinski definition) is 2. The zero-order valence-electron chi connectivity index (χ0n) is 14.2. The molecule has 4 atom stereocenters. The SMILES string of the molecule is C[C@H](OCc1ccccc1)[C@H]1[C@@H]2C=C[C@@H](C2)N1Cc1ccccc1. The van der Waals surface area contributed by atoms with E-state index in [2.05, 4.69) is 84.6 Å². The first-order chi connectivity index (χ1) is 11.8. The van der Waals surface area contributed by atoms with Crippen molar-refractivity contribution in [2.24, 2.45) is 5.92 Å². The predicted molar refractivity (Wildman–Crippen MR) is 97.5 cm³/mol. The van der Waals surface area contributed by atoms with Crippen LogP contribution in [-0.4, -0.2) is 23.1 Å². The van der Waals surface area contributed by atoms with Gasteiger partial charge in [0.15, 0.2) is 0 Å². The third-order valence-electron chi connectivity index (χ3n) is 5.39. The van der Waals surface area contributed by atoms with E-state index >= 15 is 0 Å². The van der Waals surface area contributed by atoms with Crippen LogP contribution in [0.25, 0.3) is 0 Å². The second-order valence-electron chi connectivity index (χ2n) is 7.00. The van der Waals surface area contributed by atoms with Crippen molar-refractivity contribution in [3.05, 3.63) is 83.9 Å². The van der Waals surface area contributed by atoms with Gasteiger partial charge in [-0.1, -0.05) is 72.8 Å². The molecule has 0 amide bonds. The Hall–Kier alpha value is -1.90. The van der Waals surface area contributed by atoms with E-state index in [0.717, 1.165) is 6.54 Å². The number of benzene rings is 2. The summed E-state index contributed by atoms with van der Waals surface area (Å²) in [5.41, 5.74) is 2.64. The summed E-state index contributed by atoms with van der Waals surface area (Å²) in [5, 5.41) is 0. The molecule has 4 rings (SSSR count). The first-order valence-corrected chi connectivity index (χ1v) is 8.95. The van der Waals surface area contributed by atoms with Crippen LogP contribution < -0.4 is 0 Å². The Morgan fingerprint density at radius 1 is 0.958 bits per heavy atom. The summed E-state index contributed by atoms with van der Waals surface area (Å²) in [4.78, 5) is 2.63. The molecule has 1 heterocycles. The summed E-state index contributed by atoms with van der Waals surface area (Å²) in [6, 6.07) is 22.3. The molecule has 0 saturated carbocycles. The monoisotopic (exact) mass is 319 g/mol. The van der Waals surface area contributed by atoms with Crippen molar-refractivity contribution in [1.29, 1.82) is 0 Å². The lowest BCUT2D eigenvalue weighted by Crippen LogP contribution is -2.45. The van der Waals surface area contributed by atoms with Crippen LogP contribution >= 0.6 is 0 Å². The van der Waals surface area contributed by atoms with Crippen molar-refractivity contribution in [1.82, 2.24) is 4.90 Å². The maximum atomic E-state index is 6.26.